The third kappa shape index (κ3) is 1.01. The molecule has 1 aromatic carbocycles. The maximum Gasteiger partial charge on any atom is 0.0611 e. The molecule has 0 saturated carbocycles. The van der Waals surface area contributed by atoms with Crippen molar-refractivity contribution in [3.05, 3.63) is 30.5 Å². The van der Waals surface area contributed by atoms with Crippen molar-refractivity contribution >= 4 is 32.7 Å². The van der Waals surface area contributed by atoms with Gasteiger partial charge in [0.25, 0.3) is 0 Å². The molecule has 0 bridgehead atoms. The highest BCUT2D eigenvalue weighted by Gasteiger charge is 1.97. The molecule has 2 N–H and O–H groups in total. The normalized spacial score (nSPS) is 10.6. The monoisotopic (exact) mass is 210 g/mol. The van der Waals surface area contributed by atoms with Crippen molar-refractivity contribution in [2.24, 2.45) is 0 Å². The van der Waals surface area contributed by atoms with Crippen molar-refractivity contribution in [1.29, 1.82) is 0 Å². The molecule has 11 heavy (non-hydrogen) atoms. The van der Waals surface area contributed by atoms with E-state index in [4.69, 9.17) is 5.73 Å². The number of benzene rings is 1. The Kier molecular flexibility index (Phi) is 1.39. The Morgan fingerprint density at radius 1 is 1.27 bits per heavy atom. The van der Waals surface area contributed by atoms with Gasteiger partial charge in [-0.25, -0.2) is 0 Å². The summed E-state index contributed by atoms with van der Waals surface area (Å²) < 4.78 is 1.87. The van der Waals surface area contributed by atoms with Gasteiger partial charge in [-0.3, -0.25) is 3.59 Å². The number of nitrogens with two attached hydrogens (primary N) is 1. The molecule has 56 valence electrons. The molecule has 0 aliphatic carbocycles. The molecular formula is C8H7BrN2. The molecule has 0 aliphatic rings. The van der Waals surface area contributed by atoms with Crippen molar-refractivity contribution in [2.45, 2.75) is 0 Å². The number of anilines is 1. The second-order valence-corrected chi connectivity index (χ2v) is 3.21. The molecule has 3 heteroatoms. The fraction of sp³-hybridized carbons (Fsp3) is 0. The first-order valence-electron chi connectivity index (χ1n) is 3.30. The van der Waals surface area contributed by atoms with E-state index in [2.05, 4.69) is 16.1 Å². The number of hydrogen-bond donors (Lipinski definition) is 1. The van der Waals surface area contributed by atoms with Crippen LogP contribution >= 0.6 is 16.1 Å². The number of fused-ring (bicyclic) bond motifs is 1. The van der Waals surface area contributed by atoms with E-state index in [9.17, 15) is 0 Å². The lowest BCUT2D eigenvalue weighted by Crippen LogP contribution is -1.83. The topological polar surface area (TPSA) is 30.9 Å². The van der Waals surface area contributed by atoms with E-state index in [1.165, 1.54) is 5.39 Å². The average Bonchev–Trinajstić information content (AvgIpc) is 2.33. The second kappa shape index (κ2) is 2.27. The predicted molar refractivity (Wildman–Crippen MR) is 50.7 cm³/mol. The third-order valence-corrected chi connectivity index (χ3v) is 2.29. The van der Waals surface area contributed by atoms with E-state index < -0.39 is 0 Å². The van der Waals surface area contributed by atoms with E-state index in [1.807, 2.05) is 34.1 Å². The van der Waals surface area contributed by atoms with Gasteiger partial charge in [-0.1, -0.05) is 6.07 Å². The van der Waals surface area contributed by atoms with Gasteiger partial charge in [-0.2, -0.15) is 0 Å². The van der Waals surface area contributed by atoms with Gasteiger partial charge in [0.05, 0.1) is 21.7 Å². The molecule has 0 fully saturated rings. The number of halogens is 1. The highest BCUT2D eigenvalue weighted by Crippen LogP contribution is 2.19. The van der Waals surface area contributed by atoms with Gasteiger partial charge in [-0.15, -0.1) is 0 Å². The Morgan fingerprint density at radius 3 is 2.91 bits per heavy atom. The molecule has 2 nitrogen and oxygen atoms in total. The van der Waals surface area contributed by atoms with E-state index >= 15 is 0 Å². The molecule has 0 atom stereocenters. The van der Waals surface area contributed by atoms with Crippen LogP contribution in [0, 0.1) is 0 Å². The molecule has 0 radical (unpaired) electrons. The van der Waals surface area contributed by atoms with Crippen molar-refractivity contribution < 1.29 is 0 Å². The van der Waals surface area contributed by atoms with Crippen LogP contribution in [0.3, 0.4) is 0 Å². The quantitative estimate of drug-likeness (QED) is 0.666. The van der Waals surface area contributed by atoms with Crippen LogP contribution < -0.4 is 5.73 Å². The number of nitrogen functional groups attached to an aromatic ring is 1. The molecule has 0 spiro atoms. The van der Waals surface area contributed by atoms with Crippen LogP contribution in [0.1, 0.15) is 0 Å². The predicted octanol–water partition coefficient (Wildman–Crippen LogP) is 2.38. The Balaban J connectivity index is 2.87. The fourth-order valence-corrected chi connectivity index (χ4v) is 1.54. The van der Waals surface area contributed by atoms with Crippen LogP contribution in [0.4, 0.5) is 5.69 Å². The summed E-state index contributed by atoms with van der Waals surface area (Å²) in [7, 11) is 0. The lowest BCUT2D eigenvalue weighted by molar-refractivity contribution is 1.39. The van der Waals surface area contributed by atoms with Crippen molar-refractivity contribution in [3.8, 4) is 0 Å². The van der Waals surface area contributed by atoms with Crippen molar-refractivity contribution in [3.63, 3.8) is 0 Å². The molecule has 0 amide bonds. The fourth-order valence-electron chi connectivity index (χ4n) is 1.11. The minimum atomic E-state index is 0.789. The van der Waals surface area contributed by atoms with E-state index in [-0.39, 0.29) is 0 Å². The van der Waals surface area contributed by atoms with Gasteiger partial charge >= 0.3 is 0 Å². The first-order valence-corrected chi connectivity index (χ1v) is 4.01. The number of aromatic nitrogens is 1. The average molecular weight is 211 g/mol. The zero-order chi connectivity index (χ0) is 7.84. The molecule has 1 heterocycles. The van der Waals surface area contributed by atoms with Crippen LogP contribution in [-0.2, 0) is 0 Å². The zero-order valence-electron chi connectivity index (χ0n) is 5.79. The van der Waals surface area contributed by atoms with Crippen LogP contribution in [-0.4, -0.2) is 3.59 Å². The number of rotatable bonds is 0. The summed E-state index contributed by atoms with van der Waals surface area (Å²) in [5, 5.41) is 1.19. The Bertz CT molecular complexity index is 392. The lowest BCUT2D eigenvalue weighted by Gasteiger charge is -1.94. The summed E-state index contributed by atoms with van der Waals surface area (Å²) in [6, 6.07) is 7.87. The summed E-state index contributed by atoms with van der Waals surface area (Å²) in [6.45, 7) is 0. The molecule has 2 aromatic rings. The minimum absolute atomic E-state index is 0.789. The molecule has 2 rings (SSSR count). The lowest BCUT2D eigenvalue weighted by atomic mass is 10.2. The summed E-state index contributed by atoms with van der Waals surface area (Å²) >= 11 is 3.36. The second-order valence-electron chi connectivity index (χ2n) is 2.45. The highest BCUT2D eigenvalue weighted by atomic mass is 79.9. The maximum atomic E-state index is 5.62. The third-order valence-electron chi connectivity index (χ3n) is 1.67. The van der Waals surface area contributed by atoms with E-state index in [0.717, 1.165) is 11.2 Å². The molecule has 0 unspecified atom stereocenters. The van der Waals surface area contributed by atoms with Crippen molar-refractivity contribution in [1.82, 2.24) is 3.59 Å². The Hall–Kier alpha value is -0.960. The largest absolute Gasteiger partial charge is 0.399 e. The van der Waals surface area contributed by atoms with E-state index in [0.29, 0.717) is 0 Å². The minimum Gasteiger partial charge on any atom is -0.399 e. The Morgan fingerprint density at radius 2 is 2.09 bits per heavy atom. The molecule has 1 aromatic heterocycles. The smallest absolute Gasteiger partial charge is 0.0611 e. The standard InChI is InChI=1S/C8H7BrN2/c9-11-4-3-6-1-2-7(10)5-8(6)11/h1-5H,10H2. The van der Waals surface area contributed by atoms with Crippen LogP contribution in [0.15, 0.2) is 30.5 Å². The number of nitrogens with zero attached hydrogens (tertiary/aromatic N) is 1. The van der Waals surface area contributed by atoms with Crippen LogP contribution in [0.25, 0.3) is 10.9 Å². The van der Waals surface area contributed by atoms with Gasteiger partial charge in [0.2, 0.25) is 0 Å². The van der Waals surface area contributed by atoms with E-state index in [1.54, 1.807) is 0 Å². The summed E-state index contributed by atoms with van der Waals surface area (Å²) in [4.78, 5) is 0. The van der Waals surface area contributed by atoms with Gasteiger partial charge in [0.1, 0.15) is 0 Å². The Labute approximate surface area is 72.9 Å². The van der Waals surface area contributed by atoms with Crippen molar-refractivity contribution in [2.75, 3.05) is 5.73 Å². The van der Waals surface area contributed by atoms with Gasteiger partial charge in [0.15, 0.2) is 0 Å². The van der Waals surface area contributed by atoms with Crippen LogP contribution in [0.2, 0.25) is 0 Å². The summed E-state index contributed by atoms with van der Waals surface area (Å²) in [6.07, 6.45) is 1.95. The summed E-state index contributed by atoms with van der Waals surface area (Å²) in [5.74, 6) is 0. The maximum absolute atomic E-state index is 5.62. The first kappa shape index (κ1) is 6.73. The van der Waals surface area contributed by atoms with Crippen LogP contribution in [0.5, 0.6) is 0 Å². The number of hydrogen-bond acceptors (Lipinski definition) is 1. The van der Waals surface area contributed by atoms with Gasteiger partial charge in [-0.05, 0) is 18.2 Å². The SMILES string of the molecule is Nc1ccc2ccn(Br)c2c1. The van der Waals surface area contributed by atoms with Gasteiger partial charge in [0, 0.05) is 17.3 Å². The zero-order valence-corrected chi connectivity index (χ0v) is 7.38. The highest BCUT2D eigenvalue weighted by molar-refractivity contribution is 9.08. The molecule has 0 aliphatic heterocycles. The first-order chi connectivity index (χ1) is 5.27. The summed E-state index contributed by atoms with van der Waals surface area (Å²) in [5.41, 5.74) is 7.51. The molecule has 0 saturated heterocycles. The molecular weight excluding hydrogens is 204 g/mol. The van der Waals surface area contributed by atoms with Gasteiger partial charge < -0.3 is 5.73 Å².